The first-order valence-corrected chi connectivity index (χ1v) is 4.10. The van der Waals surface area contributed by atoms with Crippen LogP contribution in [0.15, 0.2) is 6.07 Å². The summed E-state index contributed by atoms with van der Waals surface area (Å²) in [5, 5.41) is 12.6. The molecule has 0 aliphatic rings. The average molecular weight is 182 g/mol. The second-order valence-corrected chi connectivity index (χ2v) is 4.09. The molecular formula is C9H14N2O2. The highest BCUT2D eigenvalue weighted by Crippen LogP contribution is 2.22. The lowest BCUT2D eigenvalue weighted by molar-refractivity contribution is 0.0689. The lowest BCUT2D eigenvalue weighted by Crippen LogP contribution is -2.16. The maximum absolute atomic E-state index is 10.6. The van der Waals surface area contributed by atoms with Crippen LogP contribution in [0, 0.1) is 0 Å². The number of hydrogen-bond acceptors (Lipinski definition) is 2. The second-order valence-electron chi connectivity index (χ2n) is 4.09. The Hall–Kier alpha value is -1.32. The van der Waals surface area contributed by atoms with Gasteiger partial charge in [0.15, 0.2) is 5.69 Å². The van der Waals surface area contributed by atoms with Gasteiger partial charge in [-0.3, -0.25) is 4.68 Å². The minimum Gasteiger partial charge on any atom is -0.476 e. The molecule has 4 nitrogen and oxygen atoms in total. The summed E-state index contributed by atoms with van der Waals surface area (Å²) < 4.78 is 1.61. The highest BCUT2D eigenvalue weighted by atomic mass is 16.4. The summed E-state index contributed by atoms with van der Waals surface area (Å²) in [4.78, 5) is 10.6. The van der Waals surface area contributed by atoms with E-state index in [0.717, 1.165) is 5.69 Å². The van der Waals surface area contributed by atoms with Crippen molar-refractivity contribution in [3.8, 4) is 0 Å². The third-order valence-electron chi connectivity index (χ3n) is 1.87. The van der Waals surface area contributed by atoms with E-state index >= 15 is 0 Å². The summed E-state index contributed by atoms with van der Waals surface area (Å²) in [5.74, 6) is -0.980. The third-order valence-corrected chi connectivity index (χ3v) is 1.87. The van der Waals surface area contributed by atoms with Gasteiger partial charge in [-0.25, -0.2) is 4.79 Å². The van der Waals surface area contributed by atoms with Crippen LogP contribution in [0.5, 0.6) is 0 Å². The summed E-state index contributed by atoms with van der Waals surface area (Å²) >= 11 is 0. The largest absolute Gasteiger partial charge is 0.476 e. The Morgan fingerprint density at radius 1 is 1.54 bits per heavy atom. The SMILES string of the molecule is Cn1nc(C(=O)O)cc1C(C)(C)C. The van der Waals surface area contributed by atoms with Crippen molar-refractivity contribution in [3.05, 3.63) is 17.5 Å². The Labute approximate surface area is 77.2 Å². The number of carboxylic acid groups (broad SMARTS) is 1. The molecule has 0 aliphatic heterocycles. The van der Waals surface area contributed by atoms with Gasteiger partial charge in [0.2, 0.25) is 0 Å². The summed E-state index contributed by atoms with van der Waals surface area (Å²) in [5.41, 5.74) is 0.951. The molecule has 0 aliphatic carbocycles. The number of aromatic nitrogens is 2. The van der Waals surface area contributed by atoms with Crippen LogP contribution in [0.1, 0.15) is 37.0 Å². The van der Waals surface area contributed by atoms with E-state index < -0.39 is 5.97 Å². The Morgan fingerprint density at radius 3 is 2.31 bits per heavy atom. The van der Waals surface area contributed by atoms with Crippen molar-refractivity contribution in [2.24, 2.45) is 7.05 Å². The van der Waals surface area contributed by atoms with Crippen molar-refractivity contribution in [2.45, 2.75) is 26.2 Å². The highest BCUT2D eigenvalue weighted by Gasteiger charge is 2.21. The Morgan fingerprint density at radius 2 is 2.08 bits per heavy atom. The number of aryl methyl sites for hydroxylation is 1. The van der Waals surface area contributed by atoms with Gasteiger partial charge in [0.25, 0.3) is 0 Å². The zero-order chi connectivity index (χ0) is 10.2. The molecule has 1 aromatic rings. The summed E-state index contributed by atoms with van der Waals surface area (Å²) in [6.07, 6.45) is 0. The lowest BCUT2D eigenvalue weighted by Gasteiger charge is -2.17. The molecule has 0 atom stereocenters. The second kappa shape index (κ2) is 2.87. The average Bonchev–Trinajstić information content (AvgIpc) is 2.29. The quantitative estimate of drug-likeness (QED) is 0.714. The van der Waals surface area contributed by atoms with Crippen molar-refractivity contribution in [3.63, 3.8) is 0 Å². The van der Waals surface area contributed by atoms with Gasteiger partial charge >= 0.3 is 5.97 Å². The van der Waals surface area contributed by atoms with Crippen molar-refractivity contribution < 1.29 is 9.90 Å². The minimum atomic E-state index is -0.980. The number of rotatable bonds is 1. The van der Waals surface area contributed by atoms with Crippen LogP contribution in [0.2, 0.25) is 0 Å². The molecular weight excluding hydrogens is 168 g/mol. The van der Waals surface area contributed by atoms with Crippen LogP contribution in [0.4, 0.5) is 0 Å². The summed E-state index contributed by atoms with van der Waals surface area (Å²) in [6.45, 7) is 6.07. The van der Waals surface area contributed by atoms with E-state index in [4.69, 9.17) is 5.11 Å². The zero-order valence-corrected chi connectivity index (χ0v) is 8.33. The van der Waals surface area contributed by atoms with Gasteiger partial charge < -0.3 is 5.11 Å². The monoisotopic (exact) mass is 182 g/mol. The minimum absolute atomic E-state index is 0.0740. The molecule has 72 valence electrons. The Bertz CT molecular complexity index is 334. The van der Waals surface area contributed by atoms with Crippen LogP contribution in [0.3, 0.4) is 0 Å². The van der Waals surface area contributed by atoms with Crippen LogP contribution in [-0.4, -0.2) is 20.9 Å². The van der Waals surface area contributed by atoms with E-state index in [0.29, 0.717) is 0 Å². The van der Waals surface area contributed by atoms with Crippen LogP contribution >= 0.6 is 0 Å². The fourth-order valence-corrected chi connectivity index (χ4v) is 1.27. The molecule has 1 heterocycles. The lowest BCUT2D eigenvalue weighted by atomic mass is 9.92. The molecule has 1 rings (SSSR count). The van der Waals surface area contributed by atoms with Crippen molar-refractivity contribution in [1.82, 2.24) is 9.78 Å². The van der Waals surface area contributed by atoms with E-state index in [1.165, 1.54) is 0 Å². The molecule has 0 aromatic carbocycles. The number of aromatic carboxylic acids is 1. The predicted molar refractivity (Wildman–Crippen MR) is 48.9 cm³/mol. The number of nitrogens with zero attached hydrogens (tertiary/aromatic N) is 2. The van der Waals surface area contributed by atoms with E-state index in [1.807, 2.05) is 20.8 Å². The van der Waals surface area contributed by atoms with Crippen molar-refractivity contribution in [1.29, 1.82) is 0 Å². The molecule has 0 spiro atoms. The molecule has 0 radical (unpaired) electrons. The van der Waals surface area contributed by atoms with Crippen molar-refractivity contribution in [2.75, 3.05) is 0 Å². The fraction of sp³-hybridized carbons (Fsp3) is 0.556. The zero-order valence-electron chi connectivity index (χ0n) is 8.33. The molecule has 0 bridgehead atoms. The van der Waals surface area contributed by atoms with Gasteiger partial charge in [-0.15, -0.1) is 0 Å². The van der Waals surface area contributed by atoms with Gasteiger partial charge in [0.05, 0.1) is 0 Å². The van der Waals surface area contributed by atoms with Gasteiger partial charge in [-0.05, 0) is 6.07 Å². The van der Waals surface area contributed by atoms with E-state index in [9.17, 15) is 4.79 Å². The molecule has 0 unspecified atom stereocenters. The Balaban J connectivity index is 3.18. The molecule has 1 N–H and O–H groups in total. The summed E-state index contributed by atoms with van der Waals surface area (Å²) in [6, 6.07) is 1.61. The number of carbonyl (C=O) groups is 1. The first-order chi connectivity index (χ1) is 5.82. The van der Waals surface area contributed by atoms with E-state index in [-0.39, 0.29) is 11.1 Å². The van der Waals surface area contributed by atoms with Gasteiger partial charge in [-0.2, -0.15) is 5.10 Å². The standard InChI is InChI=1S/C9H14N2O2/c1-9(2,3)7-5-6(8(12)13)10-11(7)4/h5H,1-4H3,(H,12,13). The molecule has 0 saturated carbocycles. The molecule has 1 aromatic heterocycles. The topological polar surface area (TPSA) is 55.1 Å². The third kappa shape index (κ3) is 1.88. The number of carboxylic acids is 1. The molecule has 4 heteroatoms. The molecule has 0 fully saturated rings. The highest BCUT2D eigenvalue weighted by molar-refractivity contribution is 5.85. The van der Waals surface area contributed by atoms with E-state index in [2.05, 4.69) is 5.10 Å². The molecule has 0 amide bonds. The molecule has 13 heavy (non-hydrogen) atoms. The molecule has 0 saturated heterocycles. The first kappa shape index (κ1) is 9.77. The van der Waals surface area contributed by atoms with Crippen LogP contribution in [0.25, 0.3) is 0 Å². The Kier molecular flexibility index (Phi) is 2.15. The van der Waals surface area contributed by atoms with Gasteiger partial charge in [0.1, 0.15) is 0 Å². The maximum Gasteiger partial charge on any atom is 0.356 e. The maximum atomic E-state index is 10.6. The van der Waals surface area contributed by atoms with Crippen LogP contribution in [-0.2, 0) is 12.5 Å². The normalized spacial score (nSPS) is 11.7. The fourth-order valence-electron chi connectivity index (χ4n) is 1.27. The predicted octanol–water partition coefficient (Wildman–Crippen LogP) is 1.42. The van der Waals surface area contributed by atoms with Gasteiger partial charge in [0, 0.05) is 18.2 Å². The van der Waals surface area contributed by atoms with Crippen molar-refractivity contribution >= 4 is 5.97 Å². The van der Waals surface area contributed by atoms with Crippen LogP contribution < -0.4 is 0 Å². The smallest absolute Gasteiger partial charge is 0.356 e. The number of hydrogen-bond donors (Lipinski definition) is 1. The first-order valence-electron chi connectivity index (χ1n) is 4.10. The summed E-state index contributed by atoms with van der Waals surface area (Å²) in [7, 11) is 1.76. The van der Waals surface area contributed by atoms with E-state index in [1.54, 1.807) is 17.8 Å². The van der Waals surface area contributed by atoms with Gasteiger partial charge in [-0.1, -0.05) is 20.8 Å².